The summed E-state index contributed by atoms with van der Waals surface area (Å²) in [6.07, 6.45) is 0. The minimum atomic E-state index is 0.205. The Morgan fingerprint density at radius 1 is 1.55 bits per heavy atom. The Hall–Kier alpha value is -0.570. The van der Waals surface area contributed by atoms with Gasteiger partial charge in [0.2, 0.25) is 5.91 Å². The maximum Gasteiger partial charge on any atom is 0.236 e. The third kappa shape index (κ3) is 2.19. The standard InChI is InChI=1S/C8H16N2O/c1-7-4-10(5-7)6-8(11)9(2)3/h7H,4-6H2,1-3H3. The first-order valence-corrected chi connectivity index (χ1v) is 4.02. The minimum Gasteiger partial charge on any atom is -0.348 e. The molecule has 0 radical (unpaired) electrons. The lowest BCUT2D eigenvalue weighted by Gasteiger charge is -2.36. The van der Waals surface area contributed by atoms with Crippen LogP contribution in [0.1, 0.15) is 6.92 Å². The molecule has 0 aromatic carbocycles. The average Bonchev–Trinajstić information content (AvgIpc) is 1.84. The maximum absolute atomic E-state index is 11.1. The van der Waals surface area contributed by atoms with Gasteiger partial charge in [-0.3, -0.25) is 9.69 Å². The lowest BCUT2D eigenvalue weighted by molar-refractivity contribution is -0.131. The molecule has 0 bridgehead atoms. The molecule has 3 nitrogen and oxygen atoms in total. The number of carbonyl (C=O) groups is 1. The van der Waals surface area contributed by atoms with Gasteiger partial charge in [-0.1, -0.05) is 6.92 Å². The molecule has 1 aliphatic heterocycles. The molecule has 1 rings (SSSR count). The summed E-state index contributed by atoms with van der Waals surface area (Å²) in [6, 6.07) is 0. The van der Waals surface area contributed by atoms with E-state index in [4.69, 9.17) is 0 Å². The first kappa shape index (κ1) is 8.53. The van der Waals surface area contributed by atoms with Gasteiger partial charge in [0.05, 0.1) is 6.54 Å². The highest BCUT2D eigenvalue weighted by Crippen LogP contribution is 2.12. The van der Waals surface area contributed by atoms with Crippen LogP contribution in [0, 0.1) is 5.92 Å². The first-order chi connectivity index (χ1) is 5.09. The van der Waals surface area contributed by atoms with Crippen LogP contribution in [0.4, 0.5) is 0 Å². The fraction of sp³-hybridized carbons (Fsp3) is 0.875. The van der Waals surface area contributed by atoms with Crippen molar-refractivity contribution in [1.29, 1.82) is 0 Å². The molecular weight excluding hydrogens is 140 g/mol. The number of carbonyl (C=O) groups excluding carboxylic acids is 1. The number of amides is 1. The Balaban J connectivity index is 2.17. The zero-order chi connectivity index (χ0) is 8.43. The van der Waals surface area contributed by atoms with E-state index < -0.39 is 0 Å². The Morgan fingerprint density at radius 3 is 2.45 bits per heavy atom. The molecule has 0 saturated carbocycles. The van der Waals surface area contributed by atoms with Crippen molar-refractivity contribution in [1.82, 2.24) is 9.80 Å². The van der Waals surface area contributed by atoms with Crippen LogP contribution in [-0.4, -0.2) is 49.4 Å². The van der Waals surface area contributed by atoms with Crippen molar-refractivity contribution >= 4 is 5.91 Å². The SMILES string of the molecule is CC1CN(CC(=O)N(C)C)C1. The summed E-state index contributed by atoms with van der Waals surface area (Å²) in [5.41, 5.74) is 0. The molecule has 0 aliphatic carbocycles. The van der Waals surface area contributed by atoms with E-state index in [0.717, 1.165) is 19.0 Å². The smallest absolute Gasteiger partial charge is 0.236 e. The molecule has 0 spiro atoms. The van der Waals surface area contributed by atoms with Crippen LogP contribution in [0.3, 0.4) is 0 Å². The van der Waals surface area contributed by atoms with Gasteiger partial charge in [-0.15, -0.1) is 0 Å². The van der Waals surface area contributed by atoms with Gasteiger partial charge in [0.15, 0.2) is 0 Å². The molecule has 3 heteroatoms. The number of likely N-dealkylation sites (N-methyl/N-ethyl adjacent to an activating group) is 1. The fourth-order valence-corrected chi connectivity index (χ4v) is 1.29. The molecular formula is C8H16N2O. The van der Waals surface area contributed by atoms with Gasteiger partial charge in [-0.25, -0.2) is 0 Å². The van der Waals surface area contributed by atoms with E-state index in [1.807, 2.05) is 0 Å². The molecule has 1 saturated heterocycles. The third-order valence-corrected chi connectivity index (χ3v) is 2.00. The Bertz CT molecular complexity index is 150. The topological polar surface area (TPSA) is 23.6 Å². The summed E-state index contributed by atoms with van der Waals surface area (Å²) in [5, 5.41) is 0. The predicted octanol–water partition coefficient (Wildman–Crippen LogP) is 0.0263. The van der Waals surface area contributed by atoms with Crippen molar-refractivity contribution < 1.29 is 4.79 Å². The Labute approximate surface area is 68.0 Å². The lowest BCUT2D eigenvalue weighted by atomic mass is 10.0. The van der Waals surface area contributed by atoms with Crippen molar-refractivity contribution in [2.45, 2.75) is 6.92 Å². The molecule has 0 N–H and O–H groups in total. The van der Waals surface area contributed by atoms with Crippen LogP contribution < -0.4 is 0 Å². The summed E-state index contributed by atoms with van der Waals surface area (Å²) in [4.78, 5) is 15.0. The van der Waals surface area contributed by atoms with Crippen molar-refractivity contribution in [3.8, 4) is 0 Å². The van der Waals surface area contributed by atoms with E-state index in [1.165, 1.54) is 0 Å². The number of rotatable bonds is 2. The van der Waals surface area contributed by atoms with Crippen LogP contribution in [-0.2, 0) is 4.79 Å². The Kier molecular flexibility index (Phi) is 2.49. The summed E-state index contributed by atoms with van der Waals surface area (Å²) in [6.45, 7) is 4.97. The molecule has 1 aliphatic rings. The van der Waals surface area contributed by atoms with Crippen LogP contribution in [0.15, 0.2) is 0 Å². The number of hydrogen-bond donors (Lipinski definition) is 0. The highest BCUT2D eigenvalue weighted by atomic mass is 16.2. The van der Waals surface area contributed by atoms with Crippen molar-refractivity contribution in [3.63, 3.8) is 0 Å². The highest BCUT2D eigenvalue weighted by Gasteiger charge is 2.24. The van der Waals surface area contributed by atoms with Crippen LogP contribution >= 0.6 is 0 Å². The fourth-order valence-electron chi connectivity index (χ4n) is 1.29. The lowest BCUT2D eigenvalue weighted by Crippen LogP contribution is -2.49. The highest BCUT2D eigenvalue weighted by molar-refractivity contribution is 5.77. The summed E-state index contributed by atoms with van der Waals surface area (Å²) < 4.78 is 0. The molecule has 0 atom stereocenters. The quantitative estimate of drug-likeness (QED) is 0.563. The van der Waals surface area contributed by atoms with Crippen molar-refractivity contribution in [2.24, 2.45) is 5.92 Å². The van der Waals surface area contributed by atoms with Gasteiger partial charge in [-0.05, 0) is 5.92 Å². The molecule has 0 unspecified atom stereocenters. The van der Waals surface area contributed by atoms with E-state index in [9.17, 15) is 4.79 Å². The normalized spacial score (nSPS) is 19.5. The van der Waals surface area contributed by atoms with Crippen LogP contribution in [0.2, 0.25) is 0 Å². The van der Waals surface area contributed by atoms with E-state index in [-0.39, 0.29) is 5.91 Å². The molecule has 64 valence electrons. The summed E-state index contributed by atoms with van der Waals surface area (Å²) >= 11 is 0. The van der Waals surface area contributed by atoms with Gasteiger partial charge < -0.3 is 4.90 Å². The summed E-state index contributed by atoms with van der Waals surface area (Å²) in [7, 11) is 3.59. The maximum atomic E-state index is 11.1. The molecule has 1 heterocycles. The van der Waals surface area contributed by atoms with Gasteiger partial charge in [0.25, 0.3) is 0 Å². The first-order valence-electron chi connectivity index (χ1n) is 4.02. The van der Waals surface area contributed by atoms with Gasteiger partial charge in [0.1, 0.15) is 0 Å². The monoisotopic (exact) mass is 156 g/mol. The number of nitrogens with zero attached hydrogens (tertiary/aromatic N) is 2. The van der Waals surface area contributed by atoms with E-state index >= 15 is 0 Å². The second-order valence-corrected chi connectivity index (χ2v) is 3.59. The van der Waals surface area contributed by atoms with E-state index in [2.05, 4.69) is 11.8 Å². The molecule has 11 heavy (non-hydrogen) atoms. The second-order valence-electron chi connectivity index (χ2n) is 3.59. The number of hydrogen-bond acceptors (Lipinski definition) is 2. The molecule has 1 amide bonds. The minimum absolute atomic E-state index is 0.205. The molecule has 1 fully saturated rings. The molecule has 0 aromatic heterocycles. The second kappa shape index (κ2) is 3.22. The van der Waals surface area contributed by atoms with E-state index in [0.29, 0.717) is 6.54 Å². The van der Waals surface area contributed by atoms with Gasteiger partial charge >= 0.3 is 0 Å². The van der Waals surface area contributed by atoms with E-state index in [1.54, 1.807) is 19.0 Å². The van der Waals surface area contributed by atoms with Crippen molar-refractivity contribution in [2.75, 3.05) is 33.7 Å². The zero-order valence-corrected chi connectivity index (χ0v) is 7.50. The largest absolute Gasteiger partial charge is 0.348 e. The zero-order valence-electron chi connectivity index (χ0n) is 7.50. The summed E-state index contributed by atoms with van der Waals surface area (Å²) in [5.74, 6) is 0.988. The van der Waals surface area contributed by atoms with Crippen LogP contribution in [0.25, 0.3) is 0 Å². The van der Waals surface area contributed by atoms with Gasteiger partial charge in [0, 0.05) is 27.2 Å². The Morgan fingerprint density at radius 2 is 2.09 bits per heavy atom. The predicted molar refractivity (Wildman–Crippen MR) is 44.3 cm³/mol. The number of likely N-dealkylation sites (tertiary alicyclic amines) is 1. The molecule has 0 aromatic rings. The van der Waals surface area contributed by atoms with Crippen LogP contribution in [0.5, 0.6) is 0 Å². The average molecular weight is 156 g/mol. The van der Waals surface area contributed by atoms with Gasteiger partial charge in [-0.2, -0.15) is 0 Å². The van der Waals surface area contributed by atoms with Crippen molar-refractivity contribution in [3.05, 3.63) is 0 Å². The third-order valence-electron chi connectivity index (χ3n) is 2.00.